The van der Waals surface area contributed by atoms with Gasteiger partial charge in [0.15, 0.2) is 11.5 Å². The van der Waals surface area contributed by atoms with E-state index in [1.54, 1.807) is 21.3 Å². The number of hydrogen-bond donors (Lipinski definition) is 1. The highest BCUT2D eigenvalue weighted by Crippen LogP contribution is 2.59. The molecule has 3 rings (SSSR count). The zero-order valence-electron chi connectivity index (χ0n) is 15.3. The third-order valence-electron chi connectivity index (χ3n) is 5.55. The Morgan fingerprint density at radius 1 is 1.20 bits per heavy atom. The Hall–Kier alpha value is -1.79. The molecule has 1 unspecified atom stereocenters. The van der Waals surface area contributed by atoms with E-state index >= 15 is 0 Å². The number of nitrogens with one attached hydrogen (secondary N) is 1. The summed E-state index contributed by atoms with van der Waals surface area (Å²) in [5, 5.41) is 3.39. The molecule has 1 heterocycles. The molecule has 1 N–H and O–H groups in total. The monoisotopic (exact) mass is 348 g/mol. The van der Waals surface area contributed by atoms with E-state index in [-0.39, 0.29) is 17.2 Å². The molecule has 1 saturated heterocycles. The van der Waals surface area contributed by atoms with Gasteiger partial charge in [-0.05, 0) is 49.9 Å². The van der Waals surface area contributed by atoms with Crippen LogP contribution in [0, 0.1) is 11.3 Å². The van der Waals surface area contributed by atoms with Gasteiger partial charge in [-0.1, -0.05) is 0 Å². The lowest BCUT2D eigenvalue weighted by atomic mass is 9.91. The molecular weight excluding hydrogens is 320 g/mol. The summed E-state index contributed by atoms with van der Waals surface area (Å²) in [7, 11) is 4.87. The summed E-state index contributed by atoms with van der Waals surface area (Å²) in [6.07, 6.45) is 3.19. The molecule has 1 aromatic rings. The van der Waals surface area contributed by atoms with Crippen LogP contribution in [0.5, 0.6) is 11.5 Å². The smallest absolute Gasteiger partial charge is 0.230 e. The first-order valence-corrected chi connectivity index (χ1v) is 8.88. The van der Waals surface area contributed by atoms with Gasteiger partial charge < -0.3 is 24.4 Å². The molecule has 1 spiro atoms. The lowest BCUT2D eigenvalue weighted by Gasteiger charge is -2.27. The second-order valence-corrected chi connectivity index (χ2v) is 6.89. The Kier molecular flexibility index (Phi) is 5.49. The Morgan fingerprint density at radius 2 is 1.92 bits per heavy atom. The van der Waals surface area contributed by atoms with Crippen LogP contribution in [0.25, 0.3) is 0 Å². The van der Waals surface area contributed by atoms with Gasteiger partial charge in [0.05, 0.1) is 20.8 Å². The summed E-state index contributed by atoms with van der Waals surface area (Å²) in [5.41, 5.74) is 1.04. The highest BCUT2D eigenvalue weighted by Gasteiger charge is 2.58. The fourth-order valence-electron chi connectivity index (χ4n) is 3.90. The van der Waals surface area contributed by atoms with Crippen molar-refractivity contribution < 1.29 is 19.0 Å². The lowest BCUT2D eigenvalue weighted by molar-refractivity contribution is -0.120. The Morgan fingerprint density at radius 3 is 2.56 bits per heavy atom. The van der Waals surface area contributed by atoms with E-state index in [0.717, 1.165) is 38.0 Å². The minimum Gasteiger partial charge on any atom is -0.493 e. The lowest BCUT2D eigenvalue weighted by Crippen LogP contribution is -2.38. The molecule has 0 bridgehead atoms. The van der Waals surface area contributed by atoms with Gasteiger partial charge in [0.2, 0.25) is 5.91 Å². The number of amides is 1. The van der Waals surface area contributed by atoms with Crippen LogP contribution in [0.4, 0.5) is 5.69 Å². The third kappa shape index (κ3) is 3.60. The van der Waals surface area contributed by atoms with Crippen molar-refractivity contribution in [3.8, 4) is 11.5 Å². The van der Waals surface area contributed by atoms with Crippen LogP contribution in [-0.4, -0.2) is 53.5 Å². The van der Waals surface area contributed by atoms with Crippen molar-refractivity contribution in [2.45, 2.75) is 19.3 Å². The number of methoxy groups -OCH3 is 3. The van der Waals surface area contributed by atoms with Crippen LogP contribution in [0.2, 0.25) is 0 Å². The number of rotatable bonds is 7. The van der Waals surface area contributed by atoms with Crippen molar-refractivity contribution in [1.82, 2.24) is 5.32 Å². The summed E-state index contributed by atoms with van der Waals surface area (Å²) in [5.74, 6) is 1.61. The van der Waals surface area contributed by atoms with Crippen molar-refractivity contribution in [3.63, 3.8) is 0 Å². The molecule has 1 aromatic carbocycles. The first-order valence-electron chi connectivity index (χ1n) is 8.88. The minimum absolute atomic E-state index is 0.125. The number of carbonyl (C=O) groups is 1. The maximum Gasteiger partial charge on any atom is 0.230 e. The Bertz CT molecular complexity index is 613. The average molecular weight is 348 g/mol. The molecule has 25 heavy (non-hydrogen) atoms. The van der Waals surface area contributed by atoms with E-state index in [9.17, 15) is 4.79 Å². The largest absolute Gasteiger partial charge is 0.493 e. The molecule has 2 aliphatic rings. The first-order chi connectivity index (χ1) is 12.1. The zero-order chi connectivity index (χ0) is 17.9. The molecular formula is C19H28N2O4. The van der Waals surface area contributed by atoms with E-state index in [2.05, 4.69) is 5.32 Å². The number of nitrogens with zero attached hydrogens (tertiary/aromatic N) is 1. The van der Waals surface area contributed by atoms with Crippen LogP contribution in [0.1, 0.15) is 19.3 Å². The predicted octanol–water partition coefficient (Wildman–Crippen LogP) is 2.07. The molecule has 1 aliphatic carbocycles. The number of carbonyl (C=O) groups excluding carboxylic acids is 1. The Balaban J connectivity index is 1.81. The van der Waals surface area contributed by atoms with Gasteiger partial charge in [-0.3, -0.25) is 4.79 Å². The summed E-state index contributed by atoms with van der Waals surface area (Å²) >= 11 is 0. The van der Waals surface area contributed by atoms with E-state index < -0.39 is 0 Å². The normalized spacial score (nSPS) is 21.0. The van der Waals surface area contributed by atoms with Crippen LogP contribution in [-0.2, 0) is 9.53 Å². The number of piperidine rings is 1. The maximum absolute atomic E-state index is 13.2. The molecule has 6 nitrogen and oxygen atoms in total. The van der Waals surface area contributed by atoms with E-state index in [1.807, 2.05) is 23.1 Å². The van der Waals surface area contributed by atoms with Gasteiger partial charge in [-0.15, -0.1) is 0 Å². The third-order valence-corrected chi connectivity index (χ3v) is 5.55. The van der Waals surface area contributed by atoms with Crippen molar-refractivity contribution in [1.29, 1.82) is 0 Å². The SMILES string of the molecule is COCCN(C(=O)C1CC12CCNCC2)c1ccc(OC)c(OC)c1. The molecule has 1 aliphatic heterocycles. The average Bonchev–Trinajstić information content (AvgIpc) is 3.34. The first kappa shape index (κ1) is 18.0. The van der Waals surface area contributed by atoms with Crippen LogP contribution in [0.15, 0.2) is 18.2 Å². The topological polar surface area (TPSA) is 60.0 Å². The van der Waals surface area contributed by atoms with Crippen LogP contribution >= 0.6 is 0 Å². The van der Waals surface area contributed by atoms with E-state index in [1.165, 1.54) is 0 Å². The predicted molar refractivity (Wildman–Crippen MR) is 96.4 cm³/mol. The number of benzene rings is 1. The quantitative estimate of drug-likeness (QED) is 0.817. The zero-order valence-corrected chi connectivity index (χ0v) is 15.3. The highest BCUT2D eigenvalue weighted by molar-refractivity contribution is 5.97. The Labute approximate surface area is 149 Å². The summed E-state index contributed by atoms with van der Waals surface area (Å²) < 4.78 is 15.9. The molecule has 0 aromatic heterocycles. The van der Waals surface area contributed by atoms with Gasteiger partial charge >= 0.3 is 0 Å². The molecule has 1 atom stereocenters. The number of hydrogen-bond acceptors (Lipinski definition) is 5. The van der Waals surface area contributed by atoms with Crippen LogP contribution < -0.4 is 19.7 Å². The number of anilines is 1. The van der Waals surface area contributed by atoms with Gasteiger partial charge in [-0.25, -0.2) is 0 Å². The fraction of sp³-hybridized carbons (Fsp3) is 0.632. The van der Waals surface area contributed by atoms with Gasteiger partial charge in [0.1, 0.15) is 0 Å². The molecule has 1 saturated carbocycles. The molecule has 6 heteroatoms. The molecule has 138 valence electrons. The van der Waals surface area contributed by atoms with Crippen molar-refractivity contribution >= 4 is 11.6 Å². The van der Waals surface area contributed by atoms with Gasteiger partial charge in [0.25, 0.3) is 0 Å². The maximum atomic E-state index is 13.2. The standard InChI is InChI=1S/C19H28N2O4/c1-23-11-10-21(14-4-5-16(24-2)17(12-14)25-3)18(22)15-13-19(15)6-8-20-9-7-19/h4-5,12,15,20H,6-11,13H2,1-3H3. The molecule has 0 radical (unpaired) electrons. The van der Waals surface area contributed by atoms with Gasteiger partial charge in [-0.2, -0.15) is 0 Å². The second kappa shape index (κ2) is 7.62. The van der Waals surface area contributed by atoms with Gasteiger partial charge in [0, 0.05) is 31.3 Å². The van der Waals surface area contributed by atoms with E-state index in [0.29, 0.717) is 24.7 Å². The minimum atomic E-state index is 0.125. The summed E-state index contributed by atoms with van der Waals surface area (Å²) in [6, 6.07) is 5.62. The van der Waals surface area contributed by atoms with Crippen molar-refractivity contribution in [2.75, 3.05) is 52.5 Å². The van der Waals surface area contributed by atoms with Crippen molar-refractivity contribution in [3.05, 3.63) is 18.2 Å². The van der Waals surface area contributed by atoms with E-state index in [4.69, 9.17) is 14.2 Å². The second-order valence-electron chi connectivity index (χ2n) is 6.89. The highest BCUT2D eigenvalue weighted by atomic mass is 16.5. The van der Waals surface area contributed by atoms with Crippen LogP contribution in [0.3, 0.4) is 0 Å². The number of ether oxygens (including phenoxy) is 3. The summed E-state index contributed by atoms with van der Waals surface area (Å²) in [6.45, 7) is 3.06. The molecule has 1 amide bonds. The summed E-state index contributed by atoms with van der Waals surface area (Å²) in [4.78, 5) is 15.1. The molecule has 2 fully saturated rings. The van der Waals surface area contributed by atoms with Crippen molar-refractivity contribution in [2.24, 2.45) is 11.3 Å². The fourth-order valence-corrected chi connectivity index (χ4v) is 3.90.